The molecule has 8 nitrogen and oxygen atoms in total. The van der Waals surface area contributed by atoms with Crippen LogP contribution in [0.15, 0.2) is 24.3 Å². The average molecular weight is 255 g/mol. The molecule has 19 heavy (non-hydrogen) atoms. The van der Waals surface area contributed by atoms with E-state index in [0.29, 0.717) is 18.2 Å². The summed E-state index contributed by atoms with van der Waals surface area (Å²) < 4.78 is 0. The molecule has 0 fully saturated rings. The van der Waals surface area contributed by atoms with Gasteiger partial charge in [0, 0.05) is 11.4 Å². The molecule has 0 radical (unpaired) electrons. The molecule has 0 N–H and O–H groups in total. The van der Waals surface area contributed by atoms with Crippen molar-refractivity contribution in [2.24, 2.45) is 0 Å². The molecule has 0 spiro atoms. The molecule has 0 aliphatic carbocycles. The fourth-order valence-corrected chi connectivity index (χ4v) is 1.67. The number of aromatic nitrogens is 8. The van der Waals surface area contributed by atoms with E-state index in [1.807, 2.05) is 12.1 Å². The van der Waals surface area contributed by atoms with E-state index in [-0.39, 0.29) is 0 Å². The summed E-state index contributed by atoms with van der Waals surface area (Å²) in [6.45, 7) is 2.43. The van der Waals surface area contributed by atoms with Crippen molar-refractivity contribution in [3.63, 3.8) is 0 Å². The Labute approximate surface area is 108 Å². The molecule has 2 aromatic heterocycles. The fourth-order valence-electron chi connectivity index (χ4n) is 1.67. The van der Waals surface area contributed by atoms with Gasteiger partial charge in [0.05, 0.1) is 6.54 Å². The molecule has 3 aromatic rings. The van der Waals surface area contributed by atoms with Crippen molar-refractivity contribution in [2.75, 3.05) is 0 Å². The number of aryl methyl sites for hydroxylation is 1. The molecule has 8 heteroatoms. The van der Waals surface area contributed by atoms with Gasteiger partial charge in [0.1, 0.15) is 0 Å². The third-order valence-electron chi connectivity index (χ3n) is 2.72. The van der Waals surface area contributed by atoms with Gasteiger partial charge in [0.15, 0.2) is 0 Å². The van der Waals surface area contributed by atoms with E-state index in [0.717, 1.165) is 12.0 Å². The lowest BCUT2D eigenvalue weighted by Gasteiger charge is -1.98. The second-order valence-corrected chi connectivity index (χ2v) is 3.99. The van der Waals surface area contributed by atoms with E-state index < -0.39 is 0 Å². The predicted molar refractivity (Wildman–Crippen MR) is 64.9 cm³/mol. The smallest absolute Gasteiger partial charge is 0.204 e. The molecule has 0 unspecified atom stereocenters. The van der Waals surface area contributed by atoms with Crippen molar-refractivity contribution in [1.82, 2.24) is 40.8 Å². The van der Waals surface area contributed by atoms with E-state index in [4.69, 9.17) is 0 Å². The highest BCUT2D eigenvalue weighted by atomic mass is 15.6. The molecule has 0 bridgehead atoms. The first-order chi connectivity index (χ1) is 9.35. The van der Waals surface area contributed by atoms with Crippen molar-refractivity contribution in [2.45, 2.75) is 19.9 Å². The van der Waals surface area contributed by atoms with Crippen molar-refractivity contribution < 1.29 is 0 Å². The predicted octanol–water partition coefficient (Wildman–Crippen LogP) is 0.0930. The topological polar surface area (TPSA) is 96.4 Å². The number of nitrogens with zero attached hydrogens (tertiary/aromatic N) is 8. The number of tetrazole rings is 2. The van der Waals surface area contributed by atoms with Crippen molar-refractivity contribution >= 4 is 0 Å². The van der Waals surface area contributed by atoms with Crippen LogP contribution in [-0.2, 0) is 13.0 Å². The zero-order chi connectivity index (χ0) is 13.1. The summed E-state index contributed by atoms with van der Waals surface area (Å²) in [5.74, 6) is 1.04. The lowest BCUT2D eigenvalue weighted by molar-refractivity contribution is 0.553. The number of rotatable bonds is 4. The Morgan fingerprint density at radius 1 is 1.16 bits per heavy atom. The van der Waals surface area contributed by atoms with Crippen LogP contribution < -0.4 is 5.10 Å². The highest BCUT2D eigenvalue weighted by molar-refractivity contribution is 5.54. The van der Waals surface area contributed by atoms with E-state index in [9.17, 15) is 0 Å². The third-order valence-corrected chi connectivity index (χ3v) is 2.72. The van der Waals surface area contributed by atoms with Crippen LogP contribution in [0, 0.1) is 0 Å². The standard InChI is InChI=1S/C11H11N8/c1-2-8-3-5-9(6-4-8)11-14-18-19(15-11)7-10-12-16-17-13-10/h3-6H,2,7H2,1H3/q-1. The molecular weight excluding hydrogens is 244 g/mol. The first-order valence-electron chi connectivity index (χ1n) is 5.90. The molecule has 0 atom stereocenters. The number of hydrogen-bond donors (Lipinski definition) is 0. The molecule has 96 valence electrons. The summed E-state index contributed by atoms with van der Waals surface area (Å²) in [5, 5.41) is 26.5. The highest BCUT2D eigenvalue weighted by Gasteiger charge is 2.05. The van der Waals surface area contributed by atoms with Crippen LogP contribution in [0.3, 0.4) is 0 Å². The molecule has 0 amide bonds. The van der Waals surface area contributed by atoms with Gasteiger partial charge in [-0.2, -0.15) is 10.0 Å². The quantitative estimate of drug-likeness (QED) is 0.651. The number of benzene rings is 1. The Morgan fingerprint density at radius 2 is 2.00 bits per heavy atom. The first kappa shape index (κ1) is 11.5. The minimum atomic E-state index is 0.313. The Morgan fingerprint density at radius 3 is 2.68 bits per heavy atom. The van der Waals surface area contributed by atoms with Gasteiger partial charge in [-0.25, -0.2) is 0 Å². The Balaban J connectivity index is 1.80. The van der Waals surface area contributed by atoms with Crippen LogP contribution in [-0.4, -0.2) is 35.7 Å². The summed E-state index contributed by atoms with van der Waals surface area (Å²) >= 11 is 0. The summed E-state index contributed by atoms with van der Waals surface area (Å²) in [6.07, 6.45) is 1.01. The molecular formula is C11H11N8-. The maximum absolute atomic E-state index is 4.27. The number of hydrogen-bond acceptors (Lipinski definition) is 6. The zero-order valence-electron chi connectivity index (χ0n) is 10.3. The Hall–Kier alpha value is -2.64. The van der Waals surface area contributed by atoms with Crippen LogP contribution in [0.5, 0.6) is 0 Å². The van der Waals surface area contributed by atoms with Crippen LogP contribution in [0.2, 0.25) is 0 Å². The molecule has 2 heterocycles. The summed E-state index contributed by atoms with van der Waals surface area (Å²) in [6, 6.07) is 8.10. The molecule has 3 rings (SSSR count). The first-order valence-corrected chi connectivity index (χ1v) is 5.90. The molecule has 0 aliphatic rings. The lowest BCUT2D eigenvalue weighted by Crippen LogP contribution is -2.06. The van der Waals surface area contributed by atoms with Crippen molar-refractivity contribution in [1.29, 1.82) is 0 Å². The molecule has 1 aromatic carbocycles. The van der Waals surface area contributed by atoms with Gasteiger partial charge in [-0.1, -0.05) is 31.2 Å². The van der Waals surface area contributed by atoms with Crippen LogP contribution in [0.25, 0.3) is 11.4 Å². The van der Waals surface area contributed by atoms with E-state index in [2.05, 4.69) is 55.1 Å². The van der Waals surface area contributed by atoms with Crippen LogP contribution >= 0.6 is 0 Å². The molecule has 0 saturated carbocycles. The van der Waals surface area contributed by atoms with Gasteiger partial charge in [0.25, 0.3) is 0 Å². The highest BCUT2D eigenvalue weighted by Crippen LogP contribution is 2.14. The van der Waals surface area contributed by atoms with Crippen LogP contribution in [0.1, 0.15) is 18.3 Å². The van der Waals surface area contributed by atoms with Gasteiger partial charge in [0.2, 0.25) is 5.82 Å². The maximum Gasteiger partial charge on any atom is 0.204 e. The zero-order valence-corrected chi connectivity index (χ0v) is 10.3. The van der Waals surface area contributed by atoms with E-state index in [1.165, 1.54) is 10.4 Å². The third kappa shape index (κ3) is 2.46. The summed E-state index contributed by atoms with van der Waals surface area (Å²) in [4.78, 5) is 1.42. The SMILES string of the molecule is CCc1ccc(-c2nnn(Cc3nnn[n-]3)n2)cc1. The van der Waals surface area contributed by atoms with Gasteiger partial charge in [-0.3, -0.25) is 10.3 Å². The van der Waals surface area contributed by atoms with Gasteiger partial charge >= 0.3 is 0 Å². The van der Waals surface area contributed by atoms with Crippen LogP contribution in [0.4, 0.5) is 0 Å². The normalized spacial score (nSPS) is 10.8. The second-order valence-electron chi connectivity index (χ2n) is 3.99. The van der Waals surface area contributed by atoms with Crippen molar-refractivity contribution in [3.8, 4) is 11.4 Å². The lowest BCUT2D eigenvalue weighted by atomic mass is 10.1. The second kappa shape index (κ2) is 4.92. The van der Waals surface area contributed by atoms with Gasteiger partial charge in [-0.15, -0.1) is 10.2 Å². The monoisotopic (exact) mass is 255 g/mol. The molecule has 0 saturated heterocycles. The summed E-state index contributed by atoms with van der Waals surface area (Å²) in [5.41, 5.74) is 2.21. The van der Waals surface area contributed by atoms with Crippen molar-refractivity contribution in [3.05, 3.63) is 35.7 Å². The minimum Gasteiger partial charge on any atom is -0.333 e. The minimum absolute atomic E-state index is 0.313. The van der Waals surface area contributed by atoms with E-state index >= 15 is 0 Å². The maximum atomic E-state index is 4.27. The average Bonchev–Trinajstić information content (AvgIpc) is 3.11. The Bertz CT molecular complexity index is 640. The summed E-state index contributed by atoms with van der Waals surface area (Å²) in [7, 11) is 0. The van der Waals surface area contributed by atoms with Gasteiger partial charge in [-0.05, 0) is 17.2 Å². The Kier molecular flexibility index (Phi) is 2.97. The molecule has 0 aliphatic heterocycles. The fraction of sp³-hybridized carbons (Fsp3) is 0.273. The largest absolute Gasteiger partial charge is 0.333 e. The van der Waals surface area contributed by atoms with E-state index in [1.54, 1.807) is 0 Å². The van der Waals surface area contributed by atoms with Gasteiger partial charge < -0.3 is 5.10 Å².